The highest BCUT2D eigenvalue weighted by Crippen LogP contribution is 2.31. The zero-order valence-corrected chi connectivity index (χ0v) is 18.3. The molecule has 0 unspecified atom stereocenters. The van der Waals surface area contributed by atoms with Crippen LogP contribution < -0.4 is 0 Å². The lowest BCUT2D eigenvalue weighted by Gasteiger charge is -2.34. The van der Waals surface area contributed by atoms with Gasteiger partial charge < -0.3 is 9.42 Å². The Morgan fingerprint density at radius 2 is 1.91 bits per heavy atom. The molecule has 1 amide bonds. The van der Waals surface area contributed by atoms with Gasteiger partial charge >= 0.3 is 6.18 Å². The average Bonchev–Trinajstić information content (AvgIpc) is 3.57. The fourth-order valence-corrected chi connectivity index (χ4v) is 3.76. The highest BCUT2D eigenvalue weighted by molar-refractivity contribution is 5.94. The van der Waals surface area contributed by atoms with E-state index in [4.69, 9.17) is 4.52 Å². The molecule has 0 spiro atoms. The summed E-state index contributed by atoms with van der Waals surface area (Å²) in [5.41, 5.74) is -0.0424. The predicted molar refractivity (Wildman–Crippen MR) is 115 cm³/mol. The van der Waals surface area contributed by atoms with E-state index in [1.54, 1.807) is 23.2 Å². The van der Waals surface area contributed by atoms with Crippen LogP contribution >= 0.6 is 0 Å². The SMILES string of the molecule is O=C(c1ccnc(-n2cncn2)c1)N1CCN(Cc2nc(-c3cccc(C(F)(F)F)c3)no2)CC1. The lowest BCUT2D eigenvalue weighted by Crippen LogP contribution is -2.48. The third kappa shape index (κ3) is 5.04. The third-order valence-electron chi connectivity index (χ3n) is 5.58. The van der Waals surface area contributed by atoms with Gasteiger partial charge in [-0.2, -0.15) is 23.3 Å². The molecule has 10 nitrogen and oxygen atoms in total. The quantitative estimate of drug-likeness (QED) is 0.426. The van der Waals surface area contributed by atoms with Crippen molar-refractivity contribution in [2.24, 2.45) is 0 Å². The van der Waals surface area contributed by atoms with Crippen LogP contribution in [0, 0.1) is 0 Å². The first kappa shape index (κ1) is 22.7. The van der Waals surface area contributed by atoms with E-state index in [0.29, 0.717) is 50.0 Å². The number of rotatable bonds is 5. The Kier molecular flexibility index (Phi) is 5.99. The van der Waals surface area contributed by atoms with Crippen LogP contribution in [0.1, 0.15) is 21.8 Å². The molecule has 35 heavy (non-hydrogen) atoms. The van der Waals surface area contributed by atoms with Crippen LogP contribution in [0.4, 0.5) is 13.2 Å². The molecule has 1 aliphatic heterocycles. The van der Waals surface area contributed by atoms with Crippen LogP contribution in [0.25, 0.3) is 17.2 Å². The second kappa shape index (κ2) is 9.25. The molecule has 0 aliphatic carbocycles. The van der Waals surface area contributed by atoms with Crippen molar-refractivity contribution in [1.82, 2.24) is 39.7 Å². The van der Waals surface area contributed by atoms with E-state index >= 15 is 0 Å². The van der Waals surface area contributed by atoms with Crippen molar-refractivity contribution in [2.45, 2.75) is 12.7 Å². The standard InChI is InChI=1S/C22H19F3N8O2/c23-22(24,25)17-3-1-2-15(10-17)20-29-19(35-30-20)12-31-6-8-32(9-7-31)21(34)16-4-5-27-18(11-16)33-14-26-13-28-33/h1-5,10-11,13-14H,6-9,12H2. The second-order valence-corrected chi connectivity index (χ2v) is 7.90. The molecule has 180 valence electrons. The molecule has 4 aromatic rings. The molecule has 1 aliphatic rings. The molecular weight excluding hydrogens is 465 g/mol. The molecule has 3 aromatic heterocycles. The summed E-state index contributed by atoms with van der Waals surface area (Å²) in [7, 11) is 0. The maximum Gasteiger partial charge on any atom is 0.416 e. The van der Waals surface area contributed by atoms with Crippen LogP contribution in [0.3, 0.4) is 0 Å². The van der Waals surface area contributed by atoms with Crippen LogP contribution in [0.2, 0.25) is 0 Å². The van der Waals surface area contributed by atoms with Gasteiger partial charge in [0.1, 0.15) is 12.7 Å². The maximum atomic E-state index is 13.0. The Morgan fingerprint density at radius 1 is 1.09 bits per heavy atom. The normalized spacial score (nSPS) is 14.9. The number of amides is 1. The fraction of sp³-hybridized carbons (Fsp3) is 0.273. The van der Waals surface area contributed by atoms with Crippen molar-refractivity contribution in [3.63, 3.8) is 0 Å². The van der Waals surface area contributed by atoms with E-state index in [9.17, 15) is 18.0 Å². The minimum Gasteiger partial charge on any atom is -0.338 e. The predicted octanol–water partition coefficient (Wildman–Crippen LogP) is 2.69. The first-order valence-corrected chi connectivity index (χ1v) is 10.7. The molecular formula is C22H19F3N8O2. The molecule has 0 N–H and O–H groups in total. The summed E-state index contributed by atoms with van der Waals surface area (Å²) in [6.07, 6.45) is -0.00134. The third-order valence-corrected chi connectivity index (χ3v) is 5.58. The van der Waals surface area contributed by atoms with Gasteiger partial charge in [-0.25, -0.2) is 14.6 Å². The van der Waals surface area contributed by atoms with Crippen LogP contribution in [-0.4, -0.2) is 71.8 Å². The maximum absolute atomic E-state index is 13.0. The van der Waals surface area contributed by atoms with Gasteiger partial charge in [0.05, 0.1) is 12.1 Å². The molecule has 1 fully saturated rings. The Hall–Kier alpha value is -4.13. The smallest absolute Gasteiger partial charge is 0.338 e. The summed E-state index contributed by atoms with van der Waals surface area (Å²) in [6.45, 7) is 2.48. The number of aromatic nitrogens is 6. The number of alkyl halides is 3. The van der Waals surface area contributed by atoms with E-state index in [1.165, 1.54) is 29.5 Å². The van der Waals surface area contributed by atoms with E-state index in [0.717, 1.165) is 12.1 Å². The second-order valence-electron chi connectivity index (χ2n) is 7.90. The fourth-order valence-electron chi connectivity index (χ4n) is 3.76. The summed E-state index contributed by atoms with van der Waals surface area (Å²) in [4.78, 5) is 29.1. The van der Waals surface area contributed by atoms with Gasteiger partial charge in [0.25, 0.3) is 5.91 Å². The molecule has 0 bridgehead atoms. The number of benzene rings is 1. The number of nitrogens with zero attached hydrogens (tertiary/aromatic N) is 8. The van der Waals surface area contributed by atoms with Crippen molar-refractivity contribution >= 4 is 5.91 Å². The molecule has 4 heterocycles. The highest BCUT2D eigenvalue weighted by atomic mass is 19.4. The molecule has 0 atom stereocenters. The Bertz CT molecular complexity index is 1310. The summed E-state index contributed by atoms with van der Waals surface area (Å²) in [5.74, 6) is 0.780. The molecule has 1 saturated heterocycles. The monoisotopic (exact) mass is 484 g/mol. The first-order chi connectivity index (χ1) is 16.9. The van der Waals surface area contributed by atoms with E-state index in [-0.39, 0.29) is 17.3 Å². The summed E-state index contributed by atoms with van der Waals surface area (Å²) < 4.78 is 45.6. The highest BCUT2D eigenvalue weighted by Gasteiger charge is 2.31. The van der Waals surface area contributed by atoms with Crippen LogP contribution in [0.5, 0.6) is 0 Å². The van der Waals surface area contributed by atoms with Gasteiger partial charge in [-0.15, -0.1) is 0 Å². The first-order valence-electron chi connectivity index (χ1n) is 10.7. The number of carbonyl (C=O) groups is 1. The Balaban J connectivity index is 1.19. The average molecular weight is 484 g/mol. The van der Waals surface area contributed by atoms with E-state index < -0.39 is 11.7 Å². The largest absolute Gasteiger partial charge is 0.416 e. The van der Waals surface area contributed by atoms with Crippen molar-refractivity contribution in [2.75, 3.05) is 26.2 Å². The number of hydrogen-bond acceptors (Lipinski definition) is 8. The van der Waals surface area contributed by atoms with Crippen molar-refractivity contribution in [3.8, 4) is 17.2 Å². The van der Waals surface area contributed by atoms with Gasteiger partial charge in [-0.1, -0.05) is 17.3 Å². The topological polar surface area (TPSA) is 106 Å². The van der Waals surface area contributed by atoms with Crippen molar-refractivity contribution < 1.29 is 22.5 Å². The summed E-state index contributed by atoms with van der Waals surface area (Å²) in [6, 6.07) is 8.11. The number of halogens is 3. The Labute approximate surface area is 197 Å². The zero-order valence-electron chi connectivity index (χ0n) is 18.3. The molecule has 13 heteroatoms. The summed E-state index contributed by atoms with van der Waals surface area (Å²) >= 11 is 0. The zero-order chi connectivity index (χ0) is 24.4. The van der Waals surface area contributed by atoms with Crippen LogP contribution in [-0.2, 0) is 12.7 Å². The van der Waals surface area contributed by atoms with E-state index in [1.807, 2.05) is 4.90 Å². The number of hydrogen-bond donors (Lipinski definition) is 0. The van der Waals surface area contributed by atoms with Gasteiger partial charge in [-0.3, -0.25) is 9.69 Å². The minimum atomic E-state index is -4.45. The lowest BCUT2D eigenvalue weighted by atomic mass is 10.1. The number of pyridine rings is 1. The number of carbonyl (C=O) groups excluding carboxylic acids is 1. The molecule has 0 radical (unpaired) electrons. The minimum absolute atomic E-state index is 0.0980. The molecule has 0 saturated carbocycles. The Morgan fingerprint density at radius 3 is 2.66 bits per heavy atom. The molecule has 1 aromatic carbocycles. The van der Waals surface area contributed by atoms with Gasteiger partial charge in [0.15, 0.2) is 5.82 Å². The number of piperazine rings is 1. The lowest BCUT2D eigenvalue weighted by molar-refractivity contribution is -0.137. The van der Waals surface area contributed by atoms with Gasteiger partial charge in [0.2, 0.25) is 11.7 Å². The summed E-state index contributed by atoms with van der Waals surface area (Å²) in [5, 5.41) is 7.85. The molecule has 5 rings (SSSR count). The van der Waals surface area contributed by atoms with Gasteiger partial charge in [-0.05, 0) is 24.3 Å². The van der Waals surface area contributed by atoms with Crippen molar-refractivity contribution in [3.05, 3.63) is 72.3 Å². The van der Waals surface area contributed by atoms with Crippen LogP contribution in [0.15, 0.2) is 59.8 Å². The van der Waals surface area contributed by atoms with E-state index in [2.05, 4.69) is 25.2 Å². The van der Waals surface area contributed by atoms with Gasteiger partial charge in [0, 0.05) is 43.5 Å². The van der Waals surface area contributed by atoms with Crippen molar-refractivity contribution in [1.29, 1.82) is 0 Å².